The van der Waals surface area contributed by atoms with Gasteiger partial charge in [-0.2, -0.15) is 0 Å². The summed E-state index contributed by atoms with van der Waals surface area (Å²) in [7, 11) is -23.0. The van der Waals surface area contributed by atoms with Crippen LogP contribution in [0.1, 0.15) is 194 Å². The molecular formula is C45H86O22P4. The topological polar surface area (TPSA) is 349 Å². The van der Waals surface area contributed by atoms with E-state index in [1.54, 1.807) is 0 Å². The highest BCUT2D eigenvalue weighted by Crippen LogP contribution is 2.53. The number of aliphatic hydroxyl groups excluding tert-OH is 2. The smallest absolute Gasteiger partial charge is 0.462 e. The molecule has 0 aromatic carbocycles. The van der Waals surface area contributed by atoms with E-state index in [0.717, 1.165) is 70.6 Å². The van der Waals surface area contributed by atoms with Crippen molar-refractivity contribution in [3.05, 3.63) is 24.3 Å². The van der Waals surface area contributed by atoms with Gasteiger partial charge in [0.2, 0.25) is 0 Å². The van der Waals surface area contributed by atoms with Crippen LogP contribution in [0, 0.1) is 0 Å². The number of ether oxygens (including phenoxy) is 2. The van der Waals surface area contributed by atoms with Gasteiger partial charge in [0.05, 0.1) is 6.61 Å². The lowest BCUT2D eigenvalue weighted by atomic mass is 9.85. The number of phosphoric acid groups is 4. The zero-order valence-electron chi connectivity index (χ0n) is 41.7. The lowest BCUT2D eigenvalue weighted by molar-refractivity contribution is -0.209. The largest absolute Gasteiger partial charge is 0.472 e. The van der Waals surface area contributed by atoms with Crippen molar-refractivity contribution in [1.82, 2.24) is 0 Å². The summed E-state index contributed by atoms with van der Waals surface area (Å²) in [6.45, 7) is 2.74. The van der Waals surface area contributed by atoms with Gasteiger partial charge < -0.3 is 53.9 Å². The van der Waals surface area contributed by atoms with Gasteiger partial charge in [-0.25, -0.2) is 18.3 Å². The van der Waals surface area contributed by atoms with Crippen LogP contribution < -0.4 is 0 Å². The number of carbonyl (C=O) groups excluding carboxylic acids is 2. The van der Waals surface area contributed by atoms with Gasteiger partial charge >= 0.3 is 43.2 Å². The first kappa shape index (κ1) is 67.8. The minimum Gasteiger partial charge on any atom is -0.462 e. The van der Waals surface area contributed by atoms with Crippen molar-refractivity contribution in [2.75, 3.05) is 13.2 Å². The summed E-state index contributed by atoms with van der Waals surface area (Å²) in [6, 6.07) is 0. The van der Waals surface area contributed by atoms with E-state index in [4.69, 9.17) is 18.5 Å². The Balaban J connectivity index is 2.89. The highest BCUT2D eigenvalue weighted by atomic mass is 31.2. The van der Waals surface area contributed by atoms with Gasteiger partial charge in [0.1, 0.15) is 43.2 Å². The number of carbonyl (C=O) groups is 2. The van der Waals surface area contributed by atoms with Crippen LogP contribution in [0.3, 0.4) is 0 Å². The number of rotatable bonds is 44. The third-order valence-electron chi connectivity index (χ3n) is 11.5. The molecular weight excluding hydrogens is 1020 g/mol. The molecule has 9 N–H and O–H groups in total. The Labute approximate surface area is 420 Å². The van der Waals surface area contributed by atoms with Crippen LogP contribution in [0.2, 0.25) is 0 Å². The molecule has 1 aliphatic rings. The van der Waals surface area contributed by atoms with E-state index in [-0.39, 0.29) is 12.8 Å². The van der Waals surface area contributed by atoms with Crippen molar-refractivity contribution in [2.24, 2.45) is 0 Å². The SMILES string of the molecule is CCCCCCCCC=CCCCCCCCC(=O)OC[C@H](COP(=O)(O)OC1C(O)C(OP(=O)(O)O)C(OP(=O)(O)O)[C@@H](OP(=O)(O)O)C1O)OC(=O)CCCCCCCC=CCCCCCCCC. The lowest BCUT2D eigenvalue weighted by Gasteiger charge is -2.45. The molecule has 1 fully saturated rings. The maximum Gasteiger partial charge on any atom is 0.472 e. The van der Waals surface area contributed by atoms with Crippen LogP contribution in [-0.4, -0.2) is 112 Å². The van der Waals surface area contributed by atoms with Gasteiger partial charge in [0, 0.05) is 12.8 Å². The van der Waals surface area contributed by atoms with E-state index in [1.807, 2.05) is 0 Å². The average Bonchev–Trinajstić information content (AvgIpc) is 3.27. The molecule has 1 saturated carbocycles. The molecule has 71 heavy (non-hydrogen) atoms. The maximum absolute atomic E-state index is 13.3. The molecule has 8 atom stereocenters. The summed E-state index contributed by atoms with van der Waals surface area (Å²) in [5.41, 5.74) is 0. The van der Waals surface area contributed by atoms with E-state index in [2.05, 4.69) is 51.7 Å². The Hall–Kier alpha value is -1.22. The second-order valence-electron chi connectivity index (χ2n) is 18.0. The predicted molar refractivity (Wildman–Crippen MR) is 263 cm³/mol. The van der Waals surface area contributed by atoms with Gasteiger partial charge in [-0.05, 0) is 64.2 Å². The standard InChI is InChI=1S/C45H86O22P4/c1-3-5-7-9-11-13-15-17-19-21-23-25-27-29-31-33-38(46)61-35-37(63-39(47)34-32-30-28-26-24-22-20-18-16-14-12-10-8-6-4-2)36-62-71(59,60)67-42-40(48)43(64-68(50,51)52)45(66-70(56,57)58)44(41(42)49)65-69(53,54)55/h17-20,37,40-45,48-49H,3-16,21-36H2,1-2H3,(H,59,60)(H2,50,51,52)(H2,53,54,55)(H2,56,57,58)/t37-,40?,41?,42?,43+,44?,45?/m1/s1. The van der Waals surface area contributed by atoms with Gasteiger partial charge in [0.15, 0.2) is 6.10 Å². The third kappa shape index (κ3) is 36.4. The first-order valence-electron chi connectivity index (χ1n) is 25.4. The first-order chi connectivity index (χ1) is 33.5. The fourth-order valence-electron chi connectivity index (χ4n) is 7.78. The molecule has 0 aliphatic heterocycles. The van der Waals surface area contributed by atoms with Crippen LogP contribution in [0.5, 0.6) is 0 Å². The van der Waals surface area contributed by atoms with E-state index < -0.39 is 99.2 Å². The Morgan fingerprint density at radius 3 is 1.15 bits per heavy atom. The summed E-state index contributed by atoms with van der Waals surface area (Å²) in [5.74, 6) is -1.42. The van der Waals surface area contributed by atoms with Crippen molar-refractivity contribution in [3.63, 3.8) is 0 Å². The zero-order chi connectivity index (χ0) is 53.2. The van der Waals surface area contributed by atoms with Gasteiger partial charge in [-0.3, -0.25) is 32.2 Å². The Morgan fingerprint density at radius 2 is 0.775 bits per heavy atom. The monoisotopic (exact) mass is 1100 g/mol. The predicted octanol–water partition coefficient (Wildman–Crippen LogP) is 9.19. The fraction of sp³-hybridized carbons (Fsp3) is 0.867. The molecule has 6 unspecified atom stereocenters. The van der Waals surface area contributed by atoms with Gasteiger partial charge in [0.25, 0.3) is 0 Å². The van der Waals surface area contributed by atoms with Crippen LogP contribution in [0.15, 0.2) is 24.3 Å². The number of aliphatic hydroxyl groups is 2. The van der Waals surface area contributed by atoms with Gasteiger partial charge in [-0.15, -0.1) is 0 Å². The van der Waals surface area contributed by atoms with Crippen molar-refractivity contribution >= 4 is 43.2 Å². The van der Waals surface area contributed by atoms with Crippen LogP contribution in [-0.2, 0) is 59.9 Å². The molecule has 0 heterocycles. The molecule has 0 spiro atoms. The summed E-state index contributed by atoms with van der Waals surface area (Å²) < 4.78 is 82.2. The van der Waals surface area contributed by atoms with E-state index in [1.165, 1.54) is 77.0 Å². The molecule has 0 amide bonds. The number of esters is 2. The number of hydrogen-bond acceptors (Lipinski definition) is 15. The van der Waals surface area contributed by atoms with Gasteiger partial charge in [-0.1, -0.05) is 141 Å². The average molecular weight is 1100 g/mol. The Bertz CT molecular complexity index is 1650. The molecule has 0 radical (unpaired) electrons. The number of phosphoric ester groups is 4. The summed E-state index contributed by atoms with van der Waals surface area (Å²) >= 11 is 0. The minimum atomic E-state index is -5.79. The molecule has 26 heteroatoms. The summed E-state index contributed by atoms with van der Waals surface area (Å²) in [6.07, 6.45) is 18.1. The third-order valence-corrected chi connectivity index (χ3v) is 14.0. The van der Waals surface area contributed by atoms with E-state index in [0.29, 0.717) is 19.3 Å². The van der Waals surface area contributed by atoms with E-state index in [9.17, 15) is 72.3 Å². The molecule has 1 aliphatic carbocycles. The van der Waals surface area contributed by atoms with Crippen LogP contribution in [0.4, 0.5) is 0 Å². The minimum absolute atomic E-state index is 0.0239. The van der Waals surface area contributed by atoms with Crippen molar-refractivity contribution in [2.45, 2.75) is 236 Å². The highest BCUT2D eigenvalue weighted by molar-refractivity contribution is 7.47. The quantitative estimate of drug-likeness (QED) is 0.0119. The highest BCUT2D eigenvalue weighted by Gasteiger charge is 2.59. The number of hydrogen-bond donors (Lipinski definition) is 9. The number of allylic oxidation sites excluding steroid dienone is 4. The van der Waals surface area contributed by atoms with Crippen molar-refractivity contribution in [1.29, 1.82) is 0 Å². The summed E-state index contributed by atoms with van der Waals surface area (Å²) in [5, 5.41) is 21.9. The van der Waals surface area contributed by atoms with Crippen LogP contribution >= 0.6 is 31.3 Å². The van der Waals surface area contributed by atoms with Crippen LogP contribution in [0.25, 0.3) is 0 Å². The molecule has 1 rings (SSSR count). The maximum atomic E-state index is 13.3. The zero-order valence-corrected chi connectivity index (χ0v) is 45.3. The fourth-order valence-corrected chi connectivity index (χ4v) is 10.4. The Morgan fingerprint density at radius 1 is 0.437 bits per heavy atom. The second kappa shape index (κ2) is 38.3. The lowest BCUT2D eigenvalue weighted by Crippen LogP contribution is -2.65. The first-order valence-corrected chi connectivity index (χ1v) is 31.5. The molecule has 22 nitrogen and oxygen atoms in total. The Kier molecular flexibility index (Phi) is 36.6. The van der Waals surface area contributed by atoms with E-state index >= 15 is 0 Å². The molecule has 418 valence electrons. The summed E-state index contributed by atoms with van der Waals surface area (Å²) in [4.78, 5) is 92.9. The van der Waals surface area contributed by atoms with Crippen molar-refractivity contribution < 1.29 is 104 Å². The molecule has 0 aromatic rings. The number of unbranched alkanes of at least 4 members (excludes halogenated alkanes) is 22. The molecule has 0 bridgehead atoms. The van der Waals surface area contributed by atoms with Crippen molar-refractivity contribution in [3.8, 4) is 0 Å². The molecule has 0 saturated heterocycles. The molecule has 0 aromatic heterocycles. The normalized spacial score (nSPS) is 21.5. The second-order valence-corrected chi connectivity index (χ2v) is 22.9.